The lowest BCUT2D eigenvalue weighted by Gasteiger charge is -2.57. The molecule has 0 aromatic heterocycles. The van der Waals surface area contributed by atoms with Crippen molar-refractivity contribution in [2.45, 2.75) is 44.7 Å². The average molecular weight is 400 g/mol. The third kappa shape index (κ3) is 3.87. The number of hydrogen-bond donors (Lipinski definition) is 0. The molecule has 3 fully saturated rings. The second-order valence-corrected chi connectivity index (χ2v) is 8.99. The van der Waals surface area contributed by atoms with Crippen molar-refractivity contribution in [3.8, 4) is 5.75 Å². The molecule has 3 heterocycles. The molecule has 4 atom stereocenters. The van der Waals surface area contributed by atoms with Crippen LogP contribution in [-0.2, 0) is 4.79 Å². The molecule has 0 aliphatic carbocycles. The first-order valence-electron chi connectivity index (χ1n) is 11.0. The van der Waals surface area contributed by atoms with Crippen molar-refractivity contribution in [2.24, 2.45) is 11.8 Å². The minimum Gasteiger partial charge on any atom is -0.493 e. The van der Waals surface area contributed by atoms with Gasteiger partial charge in [0, 0.05) is 38.1 Å². The Balaban J connectivity index is 1.60. The van der Waals surface area contributed by atoms with Crippen LogP contribution in [0.1, 0.15) is 43.0 Å². The lowest BCUT2D eigenvalue weighted by Crippen LogP contribution is -2.67. The van der Waals surface area contributed by atoms with Crippen LogP contribution < -0.4 is 4.74 Å². The molecule has 29 heavy (non-hydrogen) atoms. The van der Waals surface area contributed by atoms with E-state index >= 15 is 0 Å². The smallest absolute Gasteiger partial charge is 0.257 e. The van der Waals surface area contributed by atoms with Crippen LogP contribution in [0.5, 0.6) is 5.75 Å². The molecule has 158 valence electrons. The fraction of sp³-hybridized carbons (Fsp3) is 0.652. The maximum atomic E-state index is 13.4. The first-order chi connectivity index (χ1) is 14.0. The molecule has 3 saturated heterocycles. The highest BCUT2D eigenvalue weighted by atomic mass is 16.5. The van der Waals surface area contributed by atoms with Crippen molar-refractivity contribution >= 4 is 11.8 Å². The summed E-state index contributed by atoms with van der Waals surface area (Å²) in [6.45, 7) is 4.79. The van der Waals surface area contributed by atoms with E-state index < -0.39 is 0 Å². The van der Waals surface area contributed by atoms with E-state index in [4.69, 9.17) is 4.74 Å². The van der Waals surface area contributed by atoms with Crippen molar-refractivity contribution in [1.29, 1.82) is 0 Å². The number of amides is 2. The van der Waals surface area contributed by atoms with E-state index in [-0.39, 0.29) is 18.0 Å². The van der Waals surface area contributed by atoms with Crippen LogP contribution in [0.15, 0.2) is 24.3 Å². The Morgan fingerprint density at radius 3 is 2.72 bits per heavy atom. The van der Waals surface area contributed by atoms with Gasteiger partial charge in [-0.1, -0.05) is 12.1 Å². The van der Waals surface area contributed by atoms with Crippen molar-refractivity contribution in [2.75, 3.05) is 40.3 Å². The number of para-hydroxylation sites is 1. The van der Waals surface area contributed by atoms with Crippen LogP contribution >= 0.6 is 0 Å². The largest absolute Gasteiger partial charge is 0.493 e. The van der Waals surface area contributed by atoms with Crippen LogP contribution in [-0.4, -0.2) is 78.9 Å². The van der Waals surface area contributed by atoms with Gasteiger partial charge in [0.05, 0.1) is 12.2 Å². The lowest BCUT2D eigenvalue weighted by molar-refractivity contribution is -0.152. The zero-order chi connectivity index (χ0) is 20.5. The van der Waals surface area contributed by atoms with E-state index in [0.29, 0.717) is 48.6 Å². The van der Waals surface area contributed by atoms with Crippen molar-refractivity contribution in [3.63, 3.8) is 0 Å². The summed E-state index contributed by atoms with van der Waals surface area (Å²) in [5, 5.41) is 0. The van der Waals surface area contributed by atoms with Gasteiger partial charge in [-0.3, -0.25) is 9.59 Å². The molecular formula is C23H33N3O3. The predicted molar refractivity (Wildman–Crippen MR) is 112 cm³/mol. The van der Waals surface area contributed by atoms with Gasteiger partial charge in [-0.15, -0.1) is 0 Å². The SMILES string of the molecule is CCOc1ccccc1C(=O)N1C[C@H]2C[C@@H](C1)[C@H](CN(C)C)N1C(=O)CCC[C@@H]21. The Morgan fingerprint density at radius 2 is 1.97 bits per heavy atom. The molecule has 0 saturated carbocycles. The summed E-state index contributed by atoms with van der Waals surface area (Å²) < 4.78 is 5.71. The van der Waals surface area contributed by atoms with Crippen molar-refractivity contribution in [1.82, 2.24) is 14.7 Å². The molecule has 1 aromatic rings. The monoisotopic (exact) mass is 399 g/mol. The Morgan fingerprint density at radius 1 is 1.21 bits per heavy atom. The van der Waals surface area contributed by atoms with Crippen molar-refractivity contribution in [3.05, 3.63) is 29.8 Å². The summed E-state index contributed by atoms with van der Waals surface area (Å²) in [7, 11) is 4.14. The van der Waals surface area contributed by atoms with Gasteiger partial charge >= 0.3 is 0 Å². The predicted octanol–water partition coefficient (Wildman–Crippen LogP) is 2.49. The highest BCUT2D eigenvalue weighted by Gasteiger charge is 2.50. The van der Waals surface area contributed by atoms with Gasteiger partial charge in [-0.2, -0.15) is 0 Å². The van der Waals surface area contributed by atoms with Gasteiger partial charge in [0.1, 0.15) is 5.75 Å². The van der Waals surface area contributed by atoms with Crippen molar-refractivity contribution < 1.29 is 14.3 Å². The number of hydrogen-bond acceptors (Lipinski definition) is 4. The maximum Gasteiger partial charge on any atom is 0.257 e. The van der Waals surface area contributed by atoms with E-state index in [0.717, 1.165) is 32.4 Å². The molecule has 6 nitrogen and oxygen atoms in total. The minimum absolute atomic E-state index is 0.0583. The second-order valence-electron chi connectivity index (χ2n) is 8.99. The first-order valence-corrected chi connectivity index (χ1v) is 11.0. The summed E-state index contributed by atoms with van der Waals surface area (Å²) in [5.74, 6) is 1.74. The molecule has 3 aliphatic rings. The summed E-state index contributed by atoms with van der Waals surface area (Å²) >= 11 is 0. The minimum atomic E-state index is 0.0583. The van der Waals surface area contributed by atoms with Gasteiger partial charge in [0.25, 0.3) is 5.91 Å². The van der Waals surface area contributed by atoms with E-state index in [1.165, 1.54) is 0 Å². The highest BCUT2D eigenvalue weighted by Crippen LogP contribution is 2.42. The number of carbonyl (C=O) groups is 2. The molecule has 2 bridgehead atoms. The molecule has 0 unspecified atom stereocenters. The van der Waals surface area contributed by atoms with E-state index in [9.17, 15) is 9.59 Å². The molecule has 1 aromatic carbocycles. The molecule has 6 heteroatoms. The van der Waals surface area contributed by atoms with Gasteiger partial charge < -0.3 is 19.4 Å². The Labute approximate surface area is 173 Å². The Bertz CT molecular complexity index is 765. The molecule has 3 aliphatic heterocycles. The second kappa shape index (κ2) is 8.34. The maximum absolute atomic E-state index is 13.4. The summed E-state index contributed by atoms with van der Waals surface area (Å²) in [6.07, 6.45) is 3.82. The standard InChI is InChI=1S/C23H33N3O3/c1-4-29-21-10-6-5-8-18(21)23(28)25-13-16-12-17(14-25)20(15-24(2)3)26-19(16)9-7-11-22(26)27/h5-6,8,10,16-17,19-20H,4,7,9,11-15H2,1-3H3/t16-,17+,19+,20+/m1/s1. The third-order valence-corrected chi connectivity index (χ3v) is 6.75. The van der Waals surface area contributed by atoms with E-state index in [1.807, 2.05) is 36.1 Å². The number of ether oxygens (including phenoxy) is 1. The fourth-order valence-corrected chi connectivity index (χ4v) is 5.64. The van der Waals surface area contributed by atoms with Crippen LogP contribution in [0.3, 0.4) is 0 Å². The molecule has 0 spiro atoms. The van der Waals surface area contributed by atoms with E-state index in [2.05, 4.69) is 23.9 Å². The molecule has 2 amide bonds. The fourth-order valence-electron chi connectivity index (χ4n) is 5.64. The topological polar surface area (TPSA) is 53.1 Å². The quantitative estimate of drug-likeness (QED) is 0.763. The lowest BCUT2D eigenvalue weighted by atomic mass is 9.72. The molecule has 0 N–H and O–H groups in total. The first kappa shape index (κ1) is 20.2. The van der Waals surface area contributed by atoms with Crippen LogP contribution in [0.4, 0.5) is 0 Å². The molecule has 4 rings (SSSR count). The zero-order valence-corrected chi connectivity index (χ0v) is 17.8. The number of rotatable bonds is 5. The zero-order valence-electron chi connectivity index (χ0n) is 17.8. The number of fused-ring (bicyclic) bond motifs is 4. The van der Waals surface area contributed by atoms with Gasteiger partial charge in [-0.25, -0.2) is 0 Å². The highest BCUT2D eigenvalue weighted by molar-refractivity contribution is 5.97. The van der Waals surface area contributed by atoms with Gasteiger partial charge in [0.2, 0.25) is 5.91 Å². The number of likely N-dealkylation sites (N-methyl/N-ethyl adjacent to an activating group) is 1. The molecular weight excluding hydrogens is 366 g/mol. The van der Waals surface area contributed by atoms with E-state index in [1.54, 1.807) is 0 Å². The van der Waals surface area contributed by atoms with Crippen LogP contribution in [0.2, 0.25) is 0 Å². The van der Waals surface area contributed by atoms with Crippen LogP contribution in [0, 0.1) is 11.8 Å². The average Bonchev–Trinajstić information content (AvgIpc) is 2.71. The normalized spacial score (nSPS) is 29.0. The van der Waals surface area contributed by atoms with Gasteiger partial charge in [0.15, 0.2) is 0 Å². The summed E-state index contributed by atoms with van der Waals surface area (Å²) in [6, 6.07) is 8.01. The number of likely N-dealkylation sites (tertiary alicyclic amines) is 1. The molecule has 0 radical (unpaired) electrons. The number of nitrogens with zero attached hydrogens (tertiary/aromatic N) is 3. The number of piperidine rings is 3. The summed E-state index contributed by atoms with van der Waals surface area (Å²) in [5.41, 5.74) is 0.648. The van der Waals surface area contributed by atoms with Crippen LogP contribution in [0.25, 0.3) is 0 Å². The summed E-state index contributed by atoms with van der Waals surface area (Å²) in [4.78, 5) is 32.7. The number of carbonyl (C=O) groups excluding carboxylic acids is 2. The Kier molecular flexibility index (Phi) is 5.81. The number of benzene rings is 1. The third-order valence-electron chi connectivity index (χ3n) is 6.75. The van der Waals surface area contributed by atoms with Gasteiger partial charge in [-0.05, 0) is 64.3 Å². The Hall–Kier alpha value is -2.08.